The molecule has 0 unspecified atom stereocenters. The van der Waals surface area contributed by atoms with E-state index in [1.54, 1.807) is 25.3 Å². The van der Waals surface area contributed by atoms with Crippen molar-refractivity contribution in [2.75, 3.05) is 13.7 Å². The van der Waals surface area contributed by atoms with Crippen LogP contribution in [0.1, 0.15) is 25.3 Å². The standard InChI is InChI=1S/C16H17BrN2O3/c1-3-22-15-13(17)7-10(8-14(15)21-2)6-11(9-18)16(20)19-12-4-5-12/h6-8,12H,3-5H2,1-2H3,(H,19,20)/b11-6+. The molecule has 6 heteroatoms. The summed E-state index contributed by atoms with van der Waals surface area (Å²) in [6.07, 6.45) is 3.50. The van der Waals surface area contributed by atoms with Crippen molar-refractivity contribution in [2.24, 2.45) is 0 Å². The van der Waals surface area contributed by atoms with Gasteiger partial charge in [0.15, 0.2) is 11.5 Å². The molecule has 0 radical (unpaired) electrons. The molecule has 22 heavy (non-hydrogen) atoms. The fourth-order valence-corrected chi connectivity index (χ4v) is 2.49. The summed E-state index contributed by atoms with van der Waals surface area (Å²) in [7, 11) is 1.54. The van der Waals surface area contributed by atoms with Crippen LogP contribution in [0.3, 0.4) is 0 Å². The van der Waals surface area contributed by atoms with E-state index < -0.39 is 0 Å². The molecule has 0 saturated heterocycles. The maximum atomic E-state index is 12.0. The van der Waals surface area contributed by atoms with Crippen molar-refractivity contribution < 1.29 is 14.3 Å². The van der Waals surface area contributed by atoms with Gasteiger partial charge in [0.2, 0.25) is 0 Å². The molecule has 0 spiro atoms. The van der Waals surface area contributed by atoms with Crippen molar-refractivity contribution in [2.45, 2.75) is 25.8 Å². The van der Waals surface area contributed by atoms with Gasteiger partial charge < -0.3 is 14.8 Å². The highest BCUT2D eigenvalue weighted by molar-refractivity contribution is 9.10. The number of carbonyl (C=O) groups excluding carboxylic acids is 1. The minimum absolute atomic E-state index is 0.0741. The van der Waals surface area contributed by atoms with E-state index >= 15 is 0 Å². The van der Waals surface area contributed by atoms with E-state index in [9.17, 15) is 10.1 Å². The number of nitrogens with zero attached hydrogens (tertiary/aromatic N) is 1. The Labute approximate surface area is 138 Å². The van der Waals surface area contributed by atoms with Gasteiger partial charge >= 0.3 is 0 Å². The van der Waals surface area contributed by atoms with Gasteiger partial charge in [0.1, 0.15) is 11.6 Å². The van der Waals surface area contributed by atoms with Crippen molar-refractivity contribution in [3.05, 3.63) is 27.7 Å². The molecule has 1 N–H and O–H groups in total. The maximum Gasteiger partial charge on any atom is 0.262 e. The largest absolute Gasteiger partial charge is 0.493 e. The van der Waals surface area contributed by atoms with E-state index in [1.807, 2.05) is 13.0 Å². The van der Waals surface area contributed by atoms with Crippen LogP contribution in [-0.4, -0.2) is 25.7 Å². The minimum Gasteiger partial charge on any atom is -0.493 e. The molecule has 0 aliphatic heterocycles. The van der Waals surface area contributed by atoms with Gasteiger partial charge in [-0.05, 0) is 59.5 Å². The molecule has 116 valence electrons. The van der Waals surface area contributed by atoms with Crippen LogP contribution in [0.15, 0.2) is 22.2 Å². The summed E-state index contributed by atoms with van der Waals surface area (Å²) in [6, 6.07) is 5.68. The molecule has 0 aromatic heterocycles. The molecule has 1 amide bonds. The lowest BCUT2D eigenvalue weighted by Gasteiger charge is -2.12. The van der Waals surface area contributed by atoms with Crippen LogP contribution < -0.4 is 14.8 Å². The third-order valence-electron chi connectivity index (χ3n) is 3.13. The Morgan fingerprint density at radius 2 is 2.27 bits per heavy atom. The second-order valence-corrected chi connectivity index (χ2v) is 5.74. The monoisotopic (exact) mass is 364 g/mol. The number of nitriles is 1. The van der Waals surface area contributed by atoms with E-state index in [0.29, 0.717) is 28.1 Å². The zero-order chi connectivity index (χ0) is 16.1. The lowest BCUT2D eigenvalue weighted by Crippen LogP contribution is -2.26. The van der Waals surface area contributed by atoms with Crippen molar-refractivity contribution in [3.8, 4) is 17.6 Å². The summed E-state index contributed by atoms with van der Waals surface area (Å²) in [4.78, 5) is 12.0. The van der Waals surface area contributed by atoms with E-state index in [-0.39, 0.29) is 17.5 Å². The molecule has 2 rings (SSSR count). The van der Waals surface area contributed by atoms with Gasteiger partial charge in [0, 0.05) is 6.04 Å². The van der Waals surface area contributed by atoms with Gasteiger partial charge in [-0.3, -0.25) is 4.79 Å². The third kappa shape index (κ3) is 4.01. The molecule has 5 nitrogen and oxygen atoms in total. The predicted molar refractivity (Wildman–Crippen MR) is 86.6 cm³/mol. The smallest absolute Gasteiger partial charge is 0.262 e. The lowest BCUT2D eigenvalue weighted by atomic mass is 10.1. The Hall–Kier alpha value is -2.00. The van der Waals surface area contributed by atoms with Crippen LogP contribution in [0.2, 0.25) is 0 Å². The van der Waals surface area contributed by atoms with Crippen LogP contribution in [-0.2, 0) is 4.79 Å². The number of rotatable bonds is 6. The Morgan fingerprint density at radius 3 is 2.82 bits per heavy atom. The Kier molecular flexibility index (Phi) is 5.45. The zero-order valence-corrected chi connectivity index (χ0v) is 14.1. The summed E-state index contributed by atoms with van der Waals surface area (Å²) in [6.45, 7) is 2.40. The van der Waals surface area contributed by atoms with Gasteiger partial charge in [-0.25, -0.2) is 0 Å². The second kappa shape index (κ2) is 7.32. The Balaban J connectivity index is 2.30. The number of carbonyl (C=O) groups is 1. The number of ether oxygens (including phenoxy) is 2. The first-order valence-corrected chi connectivity index (χ1v) is 7.81. The number of amides is 1. The molecule has 0 atom stereocenters. The lowest BCUT2D eigenvalue weighted by molar-refractivity contribution is -0.117. The number of nitrogens with one attached hydrogen (secondary N) is 1. The molecule has 0 bridgehead atoms. The maximum absolute atomic E-state index is 12.0. The molecule has 0 heterocycles. The van der Waals surface area contributed by atoms with Crippen molar-refractivity contribution in [1.29, 1.82) is 5.26 Å². The van der Waals surface area contributed by atoms with Gasteiger partial charge in [0.25, 0.3) is 5.91 Å². The topological polar surface area (TPSA) is 71.3 Å². The molecule has 1 aromatic carbocycles. The molecule has 1 aliphatic rings. The van der Waals surface area contributed by atoms with E-state index in [4.69, 9.17) is 9.47 Å². The third-order valence-corrected chi connectivity index (χ3v) is 3.72. The minimum atomic E-state index is -0.339. The van der Waals surface area contributed by atoms with Crippen molar-refractivity contribution in [1.82, 2.24) is 5.32 Å². The highest BCUT2D eigenvalue weighted by Crippen LogP contribution is 2.37. The molecule has 1 aliphatic carbocycles. The van der Waals surface area contributed by atoms with Gasteiger partial charge in [-0.15, -0.1) is 0 Å². The average Bonchev–Trinajstić information content (AvgIpc) is 3.30. The van der Waals surface area contributed by atoms with Crippen LogP contribution in [0, 0.1) is 11.3 Å². The summed E-state index contributed by atoms with van der Waals surface area (Å²) >= 11 is 3.42. The van der Waals surface area contributed by atoms with Crippen molar-refractivity contribution in [3.63, 3.8) is 0 Å². The summed E-state index contributed by atoms with van der Waals surface area (Å²) in [5, 5.41) is 12.0. The summed E-state index contributed by atoms with van der Waals surface area (Å²) < 4.78 is 11.5. The van der Waals surface area contributed by atoms with Crippen molar-refractivity contribution >= 4 is 27.9 Å². The van der Waals surface area contributed by atoms with Gasteiger partial charge in [-0.2, -0.15) is 5.26 Å². The Morgan fingerprint density at radius 1 is 1.55 bits per heavy atom. The number of benzene rings is 1. The van der Waals surface area contributed by atoms with Crippen LogP contribution in [0.25, 0.3) is 6.08 Å². The highest BCUT2D eigenvalue weighted by atomic mass is 79.9. The highest BCUT2D eigenvalue weighted by Gasteiger charge is 2.24. The Bertz CT molecular complexity index is 646. The average molecular weight is 365 g/mol. The molecular formula is C16H17BrN2O3. The first kappa shape index (κ1) is 16.4. The number of methoxy groups -OCH3 is 1. The number of halogens is 1. The first-order valence-electron chi connectivity index (χ1n) is 7.02. The molecule has 1 aromatic rings. The van der Waals surface area contributed by atoms with Crippen LogP contribution in [0.5, 0.6) is 11.5 Å². The molecular weight excluding hydrogens is 348 g/mol. The van der Waals surface area contributed by atoms with E-state index in [2.05, 4.69) is 21.2 Å². The molecule has 1 fully saturated rings. The zero-order valence-electron chi connectivity index (χ0n) is 12.5. The van der Waals surface area contributed by atoms with Crippen LogP contribution >= 0.6 is 15.9 Å². The van der Waals surface area contributed by atoms with E-state index in [0.717, 1.165) is 12.8 Å². The van der Waals surface area contributed by atoms with Gasteiger partial charge in [-0.1, -0.05) is 0 Å². The first-order chi connectivity index (χ1) is 10.6. The number of hydrogen-bond acceptors (Lipinski definition) is 4. The summed E-state index contributed by atoms with van der Waals surface area (Å²) in [5.41, 5.74) is 0.764. The molecule has 1 saturated carbocycles. The fourth-order valence-electron chi connectivity index (χ4n) is 1.91. The van der Waals surface area contributed by atoms with E-state index in [1.165, 1.54) is 0 Å². The SMILES string of the molecule is CCOc1c(Br)cc(/C=C(\C#N)C(=O)NC2CC2)cc1OC. The second-order valence-electron chi connectivity index (χ2n) is 4.88. The van der Waals surface area contributed by atoms with Gasteiger partial charge in [0.05, 0.1) is 18.2 Å². The summed E-state index contributed by atoms with van der Waals surface area (Å²) in [5.74, 6) is 0.805. The van der Waals surface area contributed by atoms with Crippen LogP contribution in [0.4, 0.5) is 0 Å². The normalized spacial score (nSPS) is 14.2. The predicted octanol–water partition coefficient (Wildman–Crippen LogP) is 3.04. The quantitative estimate of drug-likeness (QED) is 0.621. The number of hydrogen-bond donors (Lipinski definition) is 1. The fraction of sp³-hybridized carbons (Fsp3) is 0.375.